The van der Waals surface area contributed by atoms with E-state index in [0.29, 0.717) is 18.7 Å². The van der Waals surface area contributed by atoms with Crippen LogP contribution >= 0.6 is 0 Å². The van der Waals surface area contributed by atoms with Crippen molar-refractivity contribution in [3.63, 3.8) is 0 Å². The average Bonchev–Trinajstić information content (AvgIpc) is 2.99. The molecule has 0 saturated carbocycles. The fourth-order valence-corrected chi connectivity index (χ4v) is 3.69. The van der Waals surface area contributed by atoms with Crippen LogP contribution in [0.2, 0.25) is 0 Å². The second-order valence-corrected chi connectivity index (χ2v) is 7.53. The van der Waals surface area contributed by atoms with Gasteiger partial charge in [0, 0.05) is 24.3 Å². The third-order valence-electron chi connectivity index (χ3n) is 5.33. The van der Waals surface area contributed by atoms with E-state index in [2.05, 4.69) is 16.7 Å². The highest BCUT2D eigenvalue weighted by atomic mass is 16.5. The summed E-state index contributed by atoms with van der Waals surface area (Å²) in [7, 11) is 0. The first-order chi connectivity index (χ1) is 15.0. The largest absolute Gasteiger partial charge is 0.465 e. The molecule has 3 amide bonds. The number of rotatable bonds is 6. The van der Waals surface area contributed by atoms with Crippen LogP contribution in [0.3, 0.4) is 0 Å². The zero-order chi connectivity index (χ0) is 22.2. The highest BCUT2D eigenvalue weighted by Crippen LogP contribution is 2.27. The molecule has 2 N–H and O–H groups in total. The van der Waals surface area contributed by atoms with Gasteiger partial charge in [0.2, 0.25) is 0 Å². The molecule has 164 valence electrons. The van der Waals surface area contributed by atoms with E-state index in [-0.39, 0.29) is 19.1 Å². The van der Waals surface area contributed by atoms with Gasteiger partial charge in [0.25, 0.3) is 5.91 Å². The Morgan fingerprint density at radius 1 is 1.06 bits per heavy atom. The van der Waals surface area contributed by atoms with Crippen LogP contribution in [0.4, 0.5) is 10.5 Å². The molecule has 7 nitrogen and oxygen atoms in total. The van der Waals surface area contributed by atoms with Crippen molar-refractivity contribution in [1.82, 2.24) is 10.6 Å². The Labute approximate surface area is 182 Å². The first-order valence-corrected chi connectivity index (χ1v) is 10.7. The van der Waals surface area contributed by atoms with Gasteiger partial charge >= 0.3 is 12.0 Å². The number of benzene rings is 2. The number of urea groups is 1. The van der Waals surface area contributed by atoms with Gasteiger partial charge in [-0.3, -0.25) is 9.59 Å². The number of hydrogen-bond acceptors (Lipinski definition) is 4. The number of anilines is 1. The van der Waals surface area contributed by atoms with Gasteiger partial charge in [-0.25, -0.2) is 4.79 Å². The van der Waals surface area contributed by atoms with Gasteiger partial charge in [0.1, 0.15) is 6.54 Å². The fraction of sp³-hybridized carbons (Fsp3) is 0.375. The van der Waals surface area contributed by atoms with E-state index in [9.17, 15) is 14.4 Å². The topological polar surface area (TPSA) is 87.7 Å². The molecule has 0 saturated heterocycles. The van der Waals surface area contributed by atoms with Crippen molar-refractivity contribution in [2.45, 2.75) is 39.7 Å². The third-order valence-corrected chi connectivity index (χ3v) is 5.33. The monoisotopic (exact) mass is 423 g/mol. The van der Waals surface area contributed by atoms with E-state index in [4.69, 9.17) is 4.74 Å². The van der Waals surface area contributed by atoms with Gasteiger partial charge < -0.3 is 20.3 Å². The summed E-state index contributed by atoms with van der Waals surface area (Å²) < 4.78 is 4.77. The second kappa shape index (κ2) is 10.6. The summed E-state index contributed by atoms with van der Waals surface area (Å²) >= 11 is 0. The summed E-state index contributed by atoms with van der Waals surface area (Å²) in [6, 6.07) is 13.2. The lowest BCUT2D eigenvalue weighted by Crippen LogP contribution is -2.38. The molecule has 0 unspecified atom stereocenters. The Balaban J connectivity index is 1.63. The van der Waals surface area contributed by atoms with E-state index in [1.165, 1.54) is 5.56 Å². The molecule has 1 aliphatic heterocycles. The Morgan fingerprint density at radius 2 is 1.87 bits per heavy atom. The maximum absolute atomic E-state index is 13.2. The van der Waals surface area contributed by atoms with Gasteiger partial charge in [-0.1, -0.05) is 24.3 Å². The summed E-state index contributed by atoms with van der Waals surface area (Å²) in [5.74, 6) is -0.490. The highest BCUT2D eigenvalue weighted by Gasteiger charge is 2.22. The SMILES string of the molecule is CCOC(=O)CNC(=O)NCc1ccc(C(=O)N2CCCCc3ccccc32)cc1C. The van der Waals surface area contributed by atoms with Gasteiger partial charge in [-0.05, 0) is 68.0 Å². The smallest absolute Gasteiger partial charge is 0.325 e. The maximum Gasteiger partial charge on any atom is 0.325 e. The summed E-state index contributed by atoms with van der Waals surface area (Å²) in [5, 5.41) is 5.18. The number of carbonyl (C=O) groups is 3. The summed E-state index contributed by atoms with van der Waals surface area (Å²) in [4.78, 5) is 38.3. The predicted octanol–water partition coefficient (Wildman–Crippen LogP) is 3.34. The number of nitrogens with one attached hydrogen (secondary N) is 2. The molecule has 0 radical (unpaired) electrons. The molecule has 1 aliphatic rings. The molecule has 2 aromatic carbocycles. The Morgan fingerprint density at radius 3 is 2.65 bits per heavy atom. The van der Waals surface area contributed by atoms with E-state index >= 15 is 0 Å². The van der Waals surface area contributed by atoms with Crippen LogP contribution in [0.15, 0.2) is 42.5 Å². The van der Waals surface area contributed by atoms with E-state index in [1.807, 2.05) is 42.2 Å². The van der Waals surface area contributed by atoms with Crippen molar-refractivity contribution >= 4 is 23.6 Å². The summed E-state index contributed by atoms with van der Waals surface area (Å²) in [6.45, 7) is 4.72. The molecule has 3 rings (SSSR count). The van der Waals surface area contributed by atoms with E-state index in [0.717, 1.165) is 36.1 Å². The van der Waals surface area contributed by atoms with Crippen LogP contribution in [0.5, 0.6) is 0 Å². The minimum absolute atomic E-state index is 0.0101. The standard InChI is InChI=1S/C24H29N3O4/c1-3-31-22(28)16-26-24(30)25-15-20-12-11-19(14-17(20)2)23(29)27-13-7-6-9-18-8-4-5-10-21(18)27/h4-5,8,10-12,14H,3,6-7,9,13,15-16H2,1-2H3,(H2,25,26,30). The van der Waals surface area contributed by atoms with Gasteiger partial charge in [0.15, 0.2) is 0 Å². The average molecular weight is 424 g/mol. The lowest BCUT2D eigenvalue weighted by Gasteiger charge is -2.23. The minimum atomic E-state index is -0.480. The van der Waals surface area contributed by atoms with Crippen LogP contribution in [-0.2, 0) is 22.5 Å². The van der Waals surface area contributed by atoms with Crippen molar-refractivity contribution in [3.05, 3.63) is 64.7 Å². The first kappa shape index (κ1) is 22.3. The quantitative estimate of drug-likeness (QED) is 0.698. The number of amides is 3. The molecule has 0 spiro atoms. The normalized spacial score (nSPS) is 13.0. The van der Waals surface area contributed by atoms with Crippen LogP contribution in [0.25, 0.3) is 0 Å². The molecule has 1 heterocycles. The number of carbonyl (C=O) groups excluding carboxylic acids is 3. The number of ether oxygens (including phenoxy) is 1. The van der Waals surface area contributed by atoms with Gasteiger partial charge in [0.05, 0.1) is 6.61 Å². The van der Waals surface area contributed by atoms with Crippen molar-refractivity contribution < 1.29 is 19.1 Å². The Hall–Kier alpha value is -3.35. The summed E-state index contributed by atoms with van der Waals surface area (Å²) in [5.41, 5.74) is 4.65. The molecular formula is C24H29N3O4. The van der Waals surface area contributed by atoms with Gasteiger partial charge in [-0.2, -0.15) is 0 Å². The fourth-order valence-electron chi connectivity index (χ4n) is 3.69. The molecule has 7 heteroatoms. The van der Waals surface area contributed by atoms with Crippen LogP contribution in [0.1, 0.15) is 46.8 Å². The molecule has 0 atom stereocenters. The van der Waals surface area contributed by atoms with Crippen LogP contribution < -0.4 is 15.5 Å². The molecule has 0 bridgehead atoms. The molecular weight excluding hydrogens is 394 g/mol. The Kier molecular flexibility index (Phi) is 7.65. The van der Waals surface area contributed by atoms with Crippen LogP contribution in [0, 0.1) is 6.92 Å². The number of nitrogens with zero attached hydrogens (tertiary/aromatic N) is 1. The zero-order valence-electron chi connectivity index (χ0n) is 18.1. The zero-order valence-corrected chi connectivity index (χ0v) is 18.1. The van der Waals surface area contributed by atoms with E-state index in [1.54, 1.807) is 13.0 Å². The van der Waals surface area contributed by atoms with E-state index < -0.39 is 12.0 Å². The van der Waals surface area contributed by atoms with Gasteiger partial charge in [-0.15, -0.1) is 0 Å². The molecule has 31 heavy (non-hydrogen) atoms. The lowest BCUT2D eigenvalue weighted by atomic mass is 10.0. The Bertz CT molecular complexity index is 958. The lowest BCUT2D eigenvalue weighted by molar-refractivity contribution is -0.141. The van der Waals surface area contributed by atoms with Crippen molar-refractivity contribution in [2.24, 2.45) is 0 Å². The van der Waals surface area contributed by atoms with Crippen molar-refractivity contribution in [3.8, 4) is 0 Å². The highest BCUT2D eigenvalue weighted by molar-refractivity contribution is 6.06. The third kappa shape index (κ3) is 5.84. The number of fused-ring (bicyclic) bond motifs is 1. The minimum Gasteiger partial charge on any atom is -0.465 e. The van der Waals surface area contributed by atoms with Crippen molar-refractivity contribution in [2.75, 3.05) is 24.6 Å². The molecule has 0 fully saturated rings. The first-order valence-electron chi connectivity index (χ1n) is 10.7. The molecule has 0 aliphatic carbocycles. The van der Waals surface area contributed by atoms with Crippen LogP contribution in [-0.4, -0.2) is 37.6 Å². The molecule has 0 aromatic heterocycles. The number of esters is 1. The maximum atomic E-state index is 13.2. The molecule has 2 aromatic rings. The predicted molar refractivity (Wildman–Crippen MR) is 119 cm³/mol. The second-order valence-electron chi connectivity index (χ2n) is 7.53. The number of hydrogen-bond donors (Lipinski definition) is 2. The number of para-hydroxylation sites is 1. The number of aryl methyl sites for hydroxylation is 2. The van der Waals surface area contributed by atoms with Crippen molar-refractivity contribution in [1.29, 1.82) is 0 Å². The summed E-state index contributed by atoms with van der Waals surface area (Å²) in [6.07, 6.45) is 3.03.